The van der Waals surface area contributed by atoms with Gasteiger partial charge in [-0.05, 0) is 31.9 Å². The summed E-state index contributed by atoms with van der Waals surface area (Å²) in [6.07, 6.45) is 6.25. The molecule has 2 saturated heterocycles. The number of nitrogens with zero attached hydrogens (tertiary/aromatic N) is 2. The van der Waals surface area contributed by atoms with Gasteiger partial charge in [0.25, 0.3) is 0 Å². The van der Waals surface area contributed by atoms with E-state index < -0.39 is 0 Å². The predicted molar refractivity (Wildman–Crippen MR) is 71.3 cm³/mol. The molecule has 18 heavy (non-hydrogen) atoms. The van der Waals surface area contributed by atoms with E-state index in [2.05, 4.69) is 6.07 Å². The van der Waals surface area contributed by atoms with Crippen LogP contribution in [0.4, 0.5) is 0 Å². The van der Waals surface area contributed by atoms with Gasteiger partial charge in [-0.1, -0.05) is 0 Å². The number of likely N-dealkylation sites (tertiary alicyclic amines) is 1. The van der Waals surface area contributed by atoms with E-state index in [0.717, 1.165) is 32.3 Å². The zero-order valence-electron chi connectivity index (χ0n) is 10.9. The maximum atomic E-state index is 12.1. The number of carbonyl (C=O) groups is 1. The molecule has 0 aromatic heterocycles. The molecule has 1 amide bonds. The molecule has 5 heteroatoms. The van der Waals surface area contributed by atoms with Crippen LogP contribution in [0.2, 0.25) is 0 Å². The third-order valence-corrected chi connectivity index (χ3v) is 5.23. The molecule has 0 spiro atoms. The van der Waals surface area contributed by atoms with Crippen molar-refractivity contribution in [3.63, 3.8) is 0 Å². The monoisotopic (exact) mass is 268 g/mol. The second-order valence-corrected chi connectivity index (χ2v) is 6.22. The fourth-order valence-corrected chi connectivity index (χ4v) is 3.29. The van der Waals surface area contributed by atoms with Crippen molar-refractivity contribution >= 4 is 17.7 Å². The summed E-state index contributed by atoms with van der Waals surface area (Å²) >= 11 is 1.62. The SMILES string of the molecule is CSC1(C#N)CCN(C(=O)CC2CCCO2)CC1. The Morgan fingerprint density at radius 2 is 2.28 bits per heavy atom. The highest BCUT2D eigenvalue weighted by Gasteiger charge is 2.35. The standard InChI is InChI=1S/C13H20N2O2S/c1-18-13(10-14)4-6-15(7-5-13)12(16)9-11-3-2-8-17-11/h11H,2-9H2,1H3. The number of rotatable bonds is 3. The van der Waals surface area contributed by atoms with Gasteiger partial charge in [-0.15, -0.1) is 11.8 Å². The lowest BCUT2D eigenvalue weighted by Crippen LogP contribution is -2.45. The molecule has 2 fully saturated rings. The largest absolute Gasteiger partial charge is 0.378 e. The van der Waals surface area contributed by atoms with E-state index in [9.17, 15) is 10.1 Å². The molecule has 2 heterocycles. The number of amides is 1. The summed E-state index contributed by atoms with van der Waals surface area (Å²) in [5.74, 6) is 0.189. The van der Waals surface area contributed by atoms with Gasteiger partial charge in [0.1, 0.15) is 4.75 Å². The summed E-state index contributed by atoms with van der Waals surface area (Å²) in [4.78, 5) is 14.0. The first-order chi connectivity index (χ1) is 8.69. The van der Waals surface area contributed by atoms with Crippen molar-refractivity contribution in [3.05, 3.63) is 0 Å². The Morgan fingerprint density at radius 3 is 2.78 bits per heavy atom. The van der Waals surface area contributed by atoms with Gasteiger partial charge in [0.2, 0.25) is 5.91 Å². The van der Waals surface area contributed by atoms with Crippen LogP contribution >= 0.6 is 11.8 Å². The molecule has 1 unspecified atom stereocenters. The maximum absolute atomic E-state index is 12.1. The van der Waals surface area contributed by atoms with E-state index in [1.165, 1.54) is 0 Å². The van der Waals surface area contributed by atoms with E-state index in [1.54, 1.807) is 11.8 Å². The van der Waals surface area contributed by atoms with Crippen LogP contribution in [0.15, 0.2) is 0 Å². The molecule has 2 rings (SSSR count). The van der Waals surface area contributed by atoms with Gasteiger partial charge in [-0.3, -0.25) is 4.79 Å². The highest BCUT2D eigenvalue weighted by atomic mass is 32.2. The number of thioether (sulfide) groups is 1. The Balaban J connectivity index is 1.82. The van der Waals surface area contributed by atoms with Gasteiger partial charge in [-0.2, -0.15) is 5.26 Å². The highest BCUT2D eigenvalue weighted by molar-refractivity contribution is 8.00. The van der Waals surface area contributed by atoms with Crippen LogP contribution < -0.4 is 0 Å². The van der Waals surface area contributed by atoms with E-state index in [4.69, 9.17) is 4.74 Å². The van der Waals surface area contributed by atoms with Gasteiger partial charge < -0.3 is 9.64 Å². The summed E-state index contributed by atoms with van der Waals surface area (Å²) < 4.78 is 5.22. The van der Waals surface area contributed by atoms with E-state index >= 15 is 0 Å². The molecular weight excluding hydrogens is 248 g/mol. The normalized spacial score (nSPS) is 26.9. The molecular formula is C13H20N2O2S. The zero-order chi connectivity index (χ0) is 13.0. The molecule has 2 aliphatic rings. The summed E-state index contributed by atoms with van der Waals surface area (Å²) in [5.41, 5.74) is 0. The number of hydrogen-bond donors (Lipinski definition) is 0. The van der Waals surface area contributed by atoms with Crippen LogP contribution in [-0.4, -0.2) is 47.6 Å². The maximum Gasteiger partial charge on any atom is 0.225 e. The minimum Gasteiger partial charge on any atom is -0.378 e. The van der Waals surface area contributed by atoms with Crippen molar-refractivity contribution < 1.29 is 9.53 Å². The Kier molecular flexibility index (Phi) is 4.52. The van der Waals surface area contributed by atoms with Gasteiger partial charge in [-0.25, -0.2) is 0 Å². The fourth-order valence-electron chi connectivity index (χ4n) is 2.61. The van der Waals surface area contributed by atoms with Crippen LogP contribution in [0, 0.1) is 11.3 Å². The Morgan fingerprint density at radius 1 is 1.56 bits per heavy atom. The summed E-state index contributed by atoms with van der Waals surface area (Å²) in [6.45, 7) is 2.21. The molecule has 0 N–H and O–H groups in total. The molecule has 0 bridgehead atoms. The van der Waals surface area contributed by atoms with Crippen LogP contribution in [0.5, 0.6) is 0 Å². The van der Waals surface area contributed by atoms with Crippen LogP contribution in [-0.2, 0) is 9.53 Å². The molecule has 0 aromatic rings. The number of carbonyl (C=O) groups excluding carboxylic acids is 1. The Hall–Kier alpha value is -0.730. The smallest absolute Gasteiger partial charge is 0.225 e. The molecule has 0 saturated carbocycles. The zero-order valence-corrected chi connectivity index (χ0v) is 11.7. The topological polar surface area (TPSA) is 53.3 Å². The predicted octanol–water partition coefficient (Wildman–Crippen LogP) is 1.80. The number of ether oxygens (including phenoxy) is 1. The second kappa shape index (κ2) is 5.94. The Bertz CT molecular complexity index is 339. The van der Waals surface area contributed by atoms with Crippen LogP contribution in [0.25, 0.3) is 0 Å². The van der Waals surface area contributed by atoms with Gasteiger partial charge in [0, 0.05) is 19.7 Å². The van der Waals surface area contributed by atoms with Crippen molar-refractivity contribution in [1.82, 2.24) is 4.90 Å². The quantitative estimate of drug-likeness (QED) is 0.783. The first kappa shape index (κ1) is 13.7. The minimum absolute atomic E-state index is 0.126. The molecule has 2 aliphatic heterocycles. The lowest BCUT2D eigenvalue weighted by atomic mass is 9.97. The highest BCUT2D eigenvalue weighted by Crippen LogP contribution is 2.34. The summed E-state index contributed by atoms with van der Waals surface area (Å²) in [5, 5.41) is 9.20. The molecule has 1 atom stereocenters. The van der Waals surface area contributed by atoms with Crippen molar-refractivity contribution in [3.8, 4) is 6.07 Å². The van der Waals surface area contributed by atoms with Crippen molar-refractivity contribution in [2.24, 2.45) is 0 Å². The van der Waals surface area contributed by atoms with Crippen molar-refractivity contribution in [1.29, 1.82) is 5.26 Å². The van der Waals surface area contributed by atoms with Gasteiger partial charge in [0.15, 0.2) is 0 Å². The minimum atomic E-state index is -0.277. The van der Waals surface area contributed by atoms with E-state index in [0.29, 0.717) is 19.5 Å². The lowest BCUT2D eigenvalue weighted by molar-refractivity contribution is -0.134. The first-order valence-corrected chi connectivity index (χ1v) is 7.77. The van der Waals surface area contributed by atoms with Crippen LogP contribution in [0.1, 0.15) is 32.1 Å². The fraction of sp³-hybridized carbons (Fsp3) is 0.846. The van der Waals surface area contributed by atoms with Gasteiger partial charge in [0.05, 0.1) is 18.6 Å². The number of nitriles is 1. The molecule has 0 aliphatic carbocycles. The molecule has 0 aromatic carbocycles. The average Bonchev–Trinajstić information content (AvgIpc) is 2.91. The third-order valence-electron chi connectivity index (χ3n) is 3.94. The van der Waals surface area contributed by atoms with E-state index in [-0.39, 0.29) is 16.8 Å². The lowest BCUT2D eigenvalue weighted by Gasteiger charge is -2.36. The first-order valence-electron chi connectivity index (χ1n) is 6.55. The number of piperidine rings is 1. The Labute approximate surface area is 113 Å². The average molecular weight is 268 g/mol. The van der Waals surface area contributed by atoms with Gasteiger partial charge >= 0.3 is 0 Å². The second-order valence-electron chi connectivity index (χ2n) is 5.03. The van der Waals surface area contributed by atoms with Crippen LogP contribution in [0.3, 0.4) is 0 Å². The third kappa shape index (κ3) is 2.99. The number of hydrogen-bond acceptors (Lipinski definition) is 4. The van der Waals surface area contributed by atoms with Crippen molar-refractivity contribution in [2.45, 2.75) is 43.0 Å². The summed E-state index contributed by atoms with van der Waals surface area (Å²) in [7, 11) is 0. The van der Waals surface area contributed by atoms with E-state index in [1.807, 2.05) is 11.2 Å². The molecule has 100 valence electrons. The van der Waals surface area contributed by atoms with Crippen molar-refractivity contribution in [2.75, 3.05) is 26.0 Å². The summed E-state index contributed by atoms with van der Waals surface area (Å²) in [6, 6.07) is 2.40. The molecule has 0 radical (unpaired) electrons. The molecule has 4 nitrogen and oxygen atoms in total.